The lowest BCUT2D eigenvalue weighted by molar-refractivity contribution is -0.175. The number of hydrogen-bond donors (Lipinski definition) is 1. The van der Waals surface area contributed by atoms with Crippen molar-refractivity contribution >= 4 is 11.6 Å². The lowest BCUT2D eigenvalue weighted by Gasteiger charge is -2.14. The summed E-state index contributed by atoms with van der Waals surface area (Å²) >= 11 is 5.76. The molecule has 1 rings (SSSR count). The molecule has 108 valence electrons. The number of aryl methyl sites for hydroxylation is 1. The van der Waals surface area contributed by atoms with E-state index >= 15 is 0 Å². The first-order valence-electron chi connectivity index (χ1n) is 5.49. The molecule has 0 fully saturated rings. The van der Waals surface area contributed by atoms with Crippen molar-refractivity contribution in [1.82, 2.24) is 0 Å². The summed E-state index contributed by atoms with van der Waals surface area (Å²) in [5.74, 6) is -0.505. The lowest BCUT2D eigenvalue weighted by atomic mass is 10.0. The minimum absolute atomic E-state index is 0.0337. The van der Waals surface area contributed by atoms with Crippen LogP contribution in [0.3, 0.4) is 0 Å². The summed E-state index contributed by atoms with van der Waals surface area (Å²) in [5, 5.41) is 9.81. The summed E-state index contributed by atoms with van der Waals surface area (Å²) in [4.78, 5) is 0. The van der Waals surface area contributed by atoms with Crippen LogP contribution in [0.25, 0.3) is 0 Å². The number of hydrogen-bond acceptors (Lipinski definition) is 2. The highest BCUT2D eigenvalue weighted by atomic mass is 35.5. The number of alkyl halides is 3. The van der Waals surface area contributed by atoms with E-state index < -0.39 is 24.7 Å². The smallest absolute Gasteiger partial charge is 0.388 e. The van der Waals surface area contributed by atoms with Gasteiger partial charge in [0, 0.05) is 18.1 Å². The van der Waals surface area contributed by atoms with Gasteiger partial charge in [-0.1, -0.05) is 11.6 Å². The Kier molecular flexibility index (Phi) is 5.58. The Morgan fingerprint density at radius 1 is 1.37 bits per heavy atom. The summed E-state index contributed by atoms with van der Waals surface area (Å²) in [7, 11) is 0. The van der Waals surface area contributed by atoms with Crippen LogP contribution in [-0.4, -0.2) is 24.5 Å². The summed E-state index contributed by atoms with van der Waals surface area (Å²) in [6.45, 7) is -0.134. The molecule has 1 N–H and O–H groups in total. The third-order valence-corrected chi connectivity index (χ3v) is 2.77. The zero-order valence-electron chi connectivity index (χ0n) is 10.1. The van der Waals surface area contributed by atoms with E-state index in [-0.39, 0.29) is 23.6 Å². The quantitative estimate of drug-likeness (QED) is 0.662. The van der Waals surface area contributed by atoms with Gasteiger partial charge in [0.2, 0.25) is 0 Å². The number of aliphatic hydroxyl groups excluding tert-OH is 1. The van der Waals surface area contributed by atoms with Crippen molar-refractivity contribution in [2.75, 3.05) is 13.2 Å². The average Bonchev–Trinajstić information content (AvgIpc) is 2.28. The van der Waals surface area contributed by atoms with Crippen LogP contribution in [0.2, 0.25) is 5.02 Å². The topological polar surface area (TPSA) is 29.5 Å². The van der Waals surface area contributed by atoms with Crippen LogP contribution in [0.4, 0.5) is 17.6 Å². The Hall–Kier alpha value is -0.850. The number of halogens is 5. The van der Waals surface area contributed by atoms with Crippen molar-refractivity contribution in [3.63, 3.8) is 0 Å². The van der Waals surface area contributed by atoms with Crippen LogP contribution in [0, 0.1) is 12.7 Å². The van der Waals surface area contributed by atoms with E-state index in [0.717, 1.165) is 6.07 Å². The largest absolute Gasteiger partial charge is 0.411 e. The first-order valence-corrected chi connectivity index (χ1v) is 5.86. The normalized spacial score (nSPS) is 13.6. The first kappa shape index (κ1) is 16.2. The molecule has 1 atom stereocenters. The highest BCUT2D eigenvalue weighted by Crippen LogP contribution is 2.28. The van der Waals surface area contributed by atoms with E-state index in [0.29, 0.717) is 5.56 Å². The predicted molar refractivity (Wildman–Crippen MR) is 62.6 cm³/mol. The third kappa shape index (κ3) is 5.34. The van der Waals surface area contributed by atoms with E-state index in [2.05, 4.69) is 4.74 Å². The zero-order valence-corrected chi connectivity index (χ0v) is 10.9. The van der Waals surface area contributed by atoms with E-state index in [9.17, 15) is 22.7 Å². The van der Waals surface area contributed by atoms with E-state index in [1.54, 1.807) is 0 Å². The van der Waals surface area contributed by atoms with Gasteiger partial charge < -0.3 is 9.84 Å². The number of rotatable bonds is 5. The summed E-state index contributed by atoms with van der Waals surface area (Å²) < 4.78 is 53.0. The Labute approximate surface area is 112 Å². The van der Waals surface area contributed by atoms with Crippen LogP contribution in [0.1, 0.15) is 23.7 Å². The molecule has 0 aliphatic carbocycles. The van der Waals surface area contributed by atoms with Crippen LogP contribution >= 0.6 is 11.6 Å². The molecule has 1 aromatic rings. The Balaban J connectivity index is 2.54. The molecule has 2 nitrogen and oxygen atoms in total. The van der Waals surface area contributed by atoms with Gasteiger partial charge in [-0.2, -0.15) is 13.2 Å². The maximum atomic E-state index is 13.1. The molecule has 19 heavy (non-hydrogen) atoms. The standard InChI is InChI=1S/C12H13ClF4O2/c1-7-4-8(9(13)5-10(7)14)11(18)2-3-19-6-12(15,16)17/h4-5,11,18H,2-3,6H2,1H3. The van der Waals surface area contributed by atoms with Gasteiger partial charge in [-0.15, -0.1) is 0 Å². The maximum Gasteiger partial charge on any atom is 0.411 e. The minimum Gasteiger partial charge on any atom is -0.388 e. The Bertz CT molecular complexity index is 434. The predicted octanol–water partition coefficient (Wildman–Crippen LogP) is 3.79. The molecule has 1 aromatic carbocycles. The fraction of sp³-hybridized carbons (Fsp3) is 0.500. The highest BCUT2D eigenvalue weighted by Gasteiger charge is 2.27. The molecule has 0 bridgehead atoms. The van der Waals surface area contributed by atoms with Crippen molar-refractivity contribution in [2.45, 2.75) is 25.6 Å². The molecular formula is C12H13ClF4O2. The summed E-state index contributed by atoms with van der Waals surface area (Å²) in [6.07, 6.45) is -5.55. The number of aliphatic hydroxyl groups is 1. The molecule has 0 amide bonds. The molecule has 0 radical (unpaired) electrons. The van der Waals surface area contributed by atoms with Gasteiger partial charge in [0.1, 0.15) is 12.4 Å². The third-order valence-electron chi connectivity index (χ3n) is 2.44. The minimum atomic E-state index is -4.39. The average molecular weight is 301 g/mol. The van der Waals surface area contributed by atoms with E-state index in [1.807, 2.05) is 0 Å². The highest BCUT2D eigenvalue weighted by molar-refractivity contribution is 6.31. The van der Waals surface area contributed by atoms with Crippen LogP contribution in [-0.2, 0) is 4.74 Å². The van der Waals surface area contributed by atoms with Crippen molar-refractivity contribution in [2.24, 2.45) is 0 Å². The Morgan fingerprint density at radius 2 is 2.00 bits per heavy atom. The van der Waals surface area contributed by atoms with Crippen molar-refractivity contribution in [3.05, 3.63) is 34.1 Å². The molecule has 0 aliphatic heterocycles. The van der Waals surface area contributed by atoms with Gasteiger partial charge in [-0.25, -0.2) is 4.39 Å². The molecule has 0 saturated carbocycles. The second-order valence-corrected chi connectivity index (χ2v) is 4.50. The molecule has 1 unspecified atom stereocenters. The van der Waals surface area contributed by atoms with E-state index in [4.69, 9.17) is 11.6 Å². The van der Waals surface area contributed by atoms with E-state index in [1.165, 1.54) is 13.0 Å². The molecule has 0 aliphatic rings. The number of ether oxygens (including phenoxy) is 1. The van der Waals surface area contributed by atoms with Gasteiger partial charge >= 0.3 is 6.18 Å². The second-order valence-electron chi connectivity index (χ2n) is 4.10. The summed E-state index contributed by atoms with van der Waals surface area (Å²) in [6, 6.07) is 2.43. The van der Waals surface area contributed by atoms with Crippen LogP contribution < -0.4 is 0 Å². The molecule has 0 saturated heterocycles. The van der Waals surface area contributed by atoms with Gasteiger partial charge in [0.15, 0.2) is 0 Å². The van der Waals surface area contributed by atoms with Gasteiger partial charge in [-0.05, 0) is 30.2 Å². The Morgan fingerprint density at radius 3 is 2.58 bits per heavy atom. The van der Waals surface area contributed by atoms with Crippen molar-refractivity contribution < 1.29 is 27.4 Å². The zero-order chi connectivity index (χ0) is 14.6. The maximum absolute atomic E-state index is 13.1. The molecule has 0 heterocycles. The first-order chi connectivity index (χ1) is 8.70. The summed E-state index contributed by atoms with van der Waals surface area (Å²) in [5.41, 5.74) is 0.575. The fourth-order valence-corrected chi connectivity index (χ4v) is 1.75. The van der Waals surface area contributed by atoms with Gasteiger partial charge in [0.25, 0.3) is 0 Å². The second kappa shape index (κ2) is 6.54. The number of benzene rings is 1. The molecule has 0 aromatic heterocycles. The SMILES string of the molecule is Cc1cc(C(O)CCOCC(F)(F)F)c(Cl)cc1F. The van der Waals surface area contributed by atoms with Crippen LogP contribution in [0.5, 0.6) is 0 Å². The van der Waals surface area contributed by atoms with Crippen molar-refractivity contribution in [1.29, 1.82) is 0 Å². The van der Waals surface area contributed by atoms with Crippen molar-refractivity contribution in [3.8, 4) is 0 Å². The van der Waals surface area contributed by atoms with Gasteiger partial charge in [0.05, 0.1) is 6.10 Å². The van der Waals surface area contributed by atoms with Crippen LogP contribution in [0.15, 0.2) is 12.1 Å². The lowest BCUT2D eigenvalue weighted by Crippen LogP contribution is -2.18. The monoisotopic (exact) mass is 300 g/mol. The molecular weight excluding hydrogens is 288 g/mol. The fourth-order valence-electron chi connectivity index (χ4n) is 1.47. The molecule has 0 spiro atoms. The molecule has 7 heteroatoms. The van der Waals surface area contributed by atoms with Gasteiger partial charge in [-0.3, -0.25) is 0 Å².